The Hall–Kier alpha value is -2.40. The zero-order chi connectivity index (χ0) is 41.3. The van der Waals surface area contributed by atoms with Gasteiger partial charge >= 0.3 is 23.9 Å². The summed E-state index contributed by atoms with van der Waals surface area (Å²) in [5.41, 5.74) is -8.17. The quantitative estimate of drug-likeness (QED) is 0.174. The fourth-order valence-electron chi connectivity index (χ4n) is 13.1. The molecule has 56 heavy (non-hydrogen) atoms. The number of fused-ring (bicyclic) bond motifs is 5. The van der Waals surface area contributed by atoms with Crippen molar-refractivity contribution in [2.45, 2.75) is 172 Å². The maximum absolute atomic E-state index is 13.7. The summed E-state index contributed by atoms with van der Waals surface area (Å²) in [7, 11) is 0. The maximum atomic E-state index is 13.7. The lowest BCUT2D eigenvalue weighted by Gasteiger charge is -2.64. The normalized spacial score (nSPS) is 49.8. The van der Waals surface area contributed by atoms with Crippen LogP contribution in [0.15, 0.2) is 0 Å². The Morgan fingerprint density at radius 2 is 1.66 bits per heavy atom. The summed E-state index contributed by atoms with van der Waals surface area (Å²) in [6.07, 6.45) is -4.21. The van der Waals surface area contributed by atoms with Crippen LogP contribution in [0.5, 0.6) is 0 Å². The van der Waals surface area contributed by atoms with Crippen molar-refractivity contribution in [1.29, 1.82) is 0 Å². The molecule has 3 aliphatic heterocycles. The van der Waals surface area contributed by atoms with E-state index in [1.807, 2.05) is 13.8 Å². The van der Waals surface area contributed by atoms with Crippen molar-refractivity contribution in [2.24, 2.45) is 46.8 Å². The molecule has 316 valence electrons. The van der Waals surface area contributed by atoms with Gasteiger partial charge in [0.15, 0.2) is 17.8 Å². The van der Waals surface area contributed by atoms with E-state index >= 15 is 0 Å². The van der Waals surface area contributed by atoms with E-state index in [4.69, 9.17) is 23.7 Å². The van der Waals surface area contributed by atoms with Gasteiger partial charge in [-0.1, -0.05) is 27.7 Å². The molecule has 3 heterocycles. The molecule has 0 aromatic heterocycles. The van der Waals surface area contributed by atoms with E-state index in [2.05, 4.69) is 11.8 Å². The van der Waals surface area contributed by atoms with Crippen LogP contribution >= 0.6 is 0 Å². The van der Waals surface area contributed by atoms with E-state index in [1.54, 1.807) is 13.8 Å². The fourth-order valence-corrected chi connectivity index (χ4v) is 13.1. The summed E-state index contributed by atoms with van der Waals surface area (Å²) >= 11 is 0. The number of aliphatic hydroxyl groups excluding tert-OH is 1. The fraction of sp³-hybridized carbons (Fsp3) is 0.902. The molecule has 7 fully saturated rings. The molecule has 7 aliphatic rings. The first kappa shape index (κ1) is 41.7. The third-order valence-corrected chi connectivity index (χ3v) is 16.1. The third-order valence-electron chi connectivity index (χ3n) is 16.1. The van der Waals surface area contributed by atoms with Gasteiger partial charge in [0.05, 0.1) is 29.1 Å². The van der Waals surface area contributed by atoms with Crippen LogP contribution in [0.3, 0.4) is 0 Å². The molecule has 19 atom stereocenters. The molecule has 1 spiro atoms. The minimum absolute atomic E-state index is 0.0258. The molecule has 0 aromatic rings. The highest BCUT2D eigenvalue weighted by atomic mass is 16.7. The molecule has 15 nitrogen and oxygen atoms in total. The van der Waals surface area contributed by atoms with Crippen molar-refractivity contribution in [3.63, 3.8) is 0 Å². The van der Waals surface area contributed by atoms with Crippen LogP contribution in [-0.2, 0) is 42.9 Å². The van der Waals surface area contributed by atoms with Gasteiger partial charge in [-0.05, 0) is 83.5 Å². The van der Waals surface area contributed by atoms with Gasteiger partial charge < -0.3 is 49.2 Å². The van der Waals surface area contributed by atoms with E-state index in [-0.39, 0.29) is 25.3 Å². The van der Waals surface area contributed by atoms with E-state index in [1.165, 1.54) is 13.8 Å². The monoisotopic (exact) mass is 793 g/mol. The highest BCUT2D eigenvalue weighted by Gasteiger charge is 2.88. The molecule has 5 N–H and O–H groups in total. The molecular weight excluding hydrogens is 730 g/mol. The van der Waals surface area contributed by atoms with Crippen molar-refractivity contribution in [3.8, 4) is 0 Å². The number of aliphatic hydroxyl groups is 5. The minimum atomic E-state index is -2.28. The Morgan fingerprint density at radius 1 is 0.982 bits per heavy atom. The van der Waals surface area contributed by atoms with Gasteiger partial charge in [-0.3, -0.25) is 19.3 Å². The van der Waals surface area contributed by atoms with Crippen LogP contribution in [0.25, 0.3) is 0 Å². The lowest BCUT2D eigenvalue weighted by Crippen LogP contribution is -2.77. The van der Waals surface area contributed by atoms with Crippen molar-refractivity contribution in [2.75, 3.05) is 13.1 Å². The molecule has 0 radical (unpaired) electrons. The van der Waals surface area contributed by atoms with Crippen LogP contribution < -0.4 is 0 Å². The predicted octanol–water partition coefficient (Wildman–Crippen LogP) is 1.61. The second-order valence-electron chi connectivity index (χ2n) is 19.3. The highest BCUT2D eigenvalue weighted by Crippen LogP contribution is 2.77. The average molecular weight is 794 g/mol. The Labute approximate surface area is 328 Å². The largest absolute Gasteiger partial charge is 0.462 e. The van der Waals surface area contributed by atoms with Gasteiger partial charge in [0.1, 0.15) is 17.8 Å². The molecular formula is C41H63NO14. The van der Waals surface area contributed by atoms with E-state index < -0.39 is 124 Å². The first-order valence-corrected chi connectivity index (χ1v) is 20.7. The number of esters is 4. The van der Waals surface area contributed by atoms with Gasteiger partial charge in [0.25, 0.3) is 0 Å². The maximum Gasteiger partial charge on any atom is 0.342 e. The zero-order valence-electron chi connectivity index (χ0n) is 34.2. The van der Waals surface area contributed by atoms with Gasteiger partial charge in [-0.25, -0.2) is 4.79 Å². The standard InChI is InChI=1S/C41H63NO14/c1-10-20(3)34(46)55-33-31(45)30-24(18-42-17-19(2)11-12-28(42)38(30,9)49)25-16-39-32(40(25,33)50)26(53-23(6)44)15-27-36(39,7)14-13-29(41(27,51)56-39)54-35(47)37(8,48)21(4)52-22(5)43/h19-21,24-33,45,48-51H,10-18H2,1-9H3/t19-,20-,21-,24-,25-,26+,27-,28-,29-,30+,31+,32+,33-,36-,37+,38+,39+,40-,41+/m0/s1. The first-order valence-electron chi connectivity index (χ1n) is 20.7. The highest BCUT2D eigenvalue weighted by molar-refractivity contribution is 5.80. The summed E-state index contributed by atoms with van der Waals surface area (Å²) in [5.74, 6) is -9.57. The Bertz CT molecular complexity index is 1620. The zero-order valence-corrected chi connectivity index (χ0v) is 34.2. The first-order chi connectivity index (χ1) is 25.9. The van der Waals surface area contributed by atoms with Crippen molar-refractivity contribution in [3.05, 3.63) is 0 Å². The number of carbonyl (C=O) groups excluding carboxylic acids is 4. The number of ether oxygens (including phenoxy) is 5. The van der Waals surface area contributed by atoms with Crippen molar-refractivity contribution in [1.82, 2.24) is 4.90 Å². The second kappa shape index (κ2) is 13.6. The van der Waals surface area contributed by atoms with Gasteiger partial charge in [0.2, 0.25) is 5.79 Å². The van der Waals surface area contributed by atoms with Crippen LogP contribution in [0, 0.1) is 46.8 Å². The van der Waals surface area contributed by atoms with Gasteiger partial charge in [-0.2, -0.15) is 0 Å². The molecule has 15 heteroatoms. The van der Waals surface area contributed by atoms with E-state index in [9.17, 15) is 44.7 Å². The summed E-state index contributed by atoms with van der Waals surface area (Å²) in [6, 6.07) is -0.275. The average Bonchev–Trinajstić information content (AvgIpc) is 3.37. The number of hydrogen-bond donors (Lipinski definition) is 5. The topological polar surface area (TPSA) is 219 Å². The summed E-state index contributed by atoms with van der Waals surface area (Å²) in [6.45, 7) is 15.4. The lowest BCUT2D eigenvalue weighted by atomic mass is 9.49. The molecule has 7 rings (SSSR count). The molecule has 4 bridgehead atoms. The molecule has 4 aliphatic carbocycles. The SMILES string of the molecule is CC[C@H](C)C(=O)O[C@H]1[C@H](O)[C@H]2[C@@H](CN3C[C@@H](C)CC[C@H]3[C@@]2(C)O)[C@@H]2C[C@]34O[C@@]5(O)[C@@H](OC(=O)[C@](C)(O)[C@H](C)OC(C)=O)CC[C@@]3(C)[C@@H]5C[C@@H](OC(C)=O)[C@H]4[C@@]21O. The number of nitrogens with zero attached hydrogens (tertiary/aromatic N) is 1. The summed E-state index contributed by atoms with van der Waals surface area (Å²) in [4.78, 5) is 54.2. The minimum Gasteiger partial charge on any atom is -0.462 e. The Balaban J connectivity index is 1.35. The Kier molecular flexibility index (Phi) is 10.1. The van der Waals surface area contributed by atoms with Gasteiger partial charge in [-0.15, -0.1) is 0 Å². The van der Waals surface area contributed by atoms with Crippen LogP contribution in [0.1, 0.15) is 107 Å². The lowest BCUT2D eigenvalue weighted by molar-refractivity contribution is -0.301. The molecule has 3 saturated heterocycles. The van der Waals surface area contributed by atoms with Crippen LogP contribution in [-0.4, -0.2) is 132 Å². The smallest absolute Gasteiger partial charge is 0.342 e. The van der Waals surface area contributed by atoms with E-state index in [0.29, 0.717) is 38.3 Å². The van der Waals surface area contributed by atoms with E-state index in [0.717, 1.165) is 20.3 Å². The molecule has 0 aromatic carbocycles. The van der Waals surface area contributed by atoms with Crippen molar-refractivity contribution < 1.29 is 68.4 Å². The number of piperidine rings is 2. The predicted molar refractivity (Wildman–Crippen MR) is 195 cm³/mol. The van der Waals surface area contributed by atoms with Crippen LogP contribution in [0.2, 0.25) is 0 Å². The van der Waals surface area contributed by atoms with Crippen LogP contribution in [0.4, 0.5) is 0 Å². The molecule has 0 unspecified atom stereocenters. The number of rotatable bonds is 8. The molecule has 4 saturated carbocycles. The summed E-state index contributed by atoms with van der Waals surface area (Å²) in [5, 5.41) is 62.8. The molecule has 0 amide bonds. The third kappa shape index (κ3) is 5.67. The number of hydrogen-bond acceptors (Lipinski definition) is 15. The number of carbonyl (C=O) groups is 4. The Morgan fingerprint density at radius 3 is 2.29 bits per heavy atom. The summed E-state index contributed by atoms with van der Waals surface area (Å²) < 4.78 is 30.3. The second-order valence-corrected chi connectivity index (χ2v) is 19.3. The van der Waals surface area contributed by atoms with Crippen molar-refractivity contribution >= 4 is 23.9 Å². The van der Waals surface area contributed by atoms with Gasteiger partial charge in [0, 0.05) is 50.2 Å².